The van der Waals surface area contributed by atoms with Gasteiger partial charge in [0.25, 0.3) is 0 Å². The van der Waals surface area contributed by atoms with Crippen LogP contribution in [0.2, 0.25) is 0 Å². The first-order valence-corrected chi connectivity index (χ1v) is 6.79. The lowest BCUT2D eigenvalue weighted by molar-refractivity contribution is 0.330. The summed E-state index contributed by atoms with van der Waals surface area (Å²) in [7, 11) is 2.16. The summed E-state index contributed by atoms with van der Waals surface area (Å²) >= 11 is 0. The van der Waals surface area contributed by atoms with E-state index >= 15 is 0 Å². The smallest absolute Gasteiger partial charge is 0.0366 e. The number of rotatable bonds is 4. The second-order valence-electron chi connectivity index (χ2n) is 6.50. The molecule has 102 valence electrons. The number of hydrogen-bond acceptors (Lipinski definition) is 2. The lowest BCUT2D eigenvalue weighted by atomic mass is 9.87. The quantitative estimate of drug-likeness (QED) is 0.884. The molecule has 1 aromatic carbocycles. The highest BCUT2D eigenvalue weighted by molar-refractivity contribution is 5.48. The summed E-state index contributed by atoms with van der Waals surface area (Å²) in [6.45, 7) is 11.1. The van der Waals surface area contributed by atoms with Gasteiger partial charge in [-0.05, 0) is 43.4 Å². The number of nitrogens with zero attached hydrogens (tertiary/aromatic N) is 1. The van der Waals surface area contributed by atoms with Crippen LogP contribution in [-0.2, 0) is 6.42 Å². The molecule has 0 saturated heterocycles. The minimum Gasteiger partial charge on any atom is -0.371 e. The summed E-state index contributed by atoms with van der Waals surface area (Å²) < 4.78 is 0. The second-order valence-corrected chi connectivity index (χ2v) is 6.50. The van der Waals surface area contributed by atoms with Gasteiger partial charge in [-0.25, -0.2) is 0 Å². The van der Waals surface area contributed by atoms with Gasteiger partial charge in [-0.2, -0.15) is 0 Å². The molecule has 2 N–H and O–H groups in total. The van der Waals surface area contributed by atoms with Crippen molar-refractivity contribution in [1.82, 2.24) is 0 Å². The molecule has 2 unspecified atom stereocenters. The molecule has 0 bridgehead atoms. The number of hydrogen-bond donors (Lipinski definition) is 1. The molecular formula is C16H28N2. The van der Waals surface area contributed by atoms with Gasteiger partial charge >= 0.3 is 0 Å². The SMILES string of the molecule is CC(N)Cc1ccc(N(C)C(C)C(C)(C)C)cc1. The van der Waals surface area contributed by atoms with Crippen molar-refractivity contribution >= 4 is 5.69 Å². The van der Waals surface area contributed by atoms with Crippen molar-refractivity contribution in [2.75, 3.05) is 11.9 Å². The number of benzene rings is 1. The van der Waals surface area contributed by atoms with Gasteiger partial charge in [0.1, 0.15) is 0 Å². The van der Waals surface area contributed by atoms with Gasteiger partial charge in [-0.1, -0.05) is 32.9 Å². The van der Waals surface area contributed by atoms with Crippen molar-refractivity contribution in [1.29, 1.82) is 0 Å². The van der Waals surface area contributed by atoms with Gasteiger partial charge in [-0.3, -0.25) is 0 Å². The maximum absolute atomic E-state index is 5.82. The third-order valence-corrected chi connectivity index (χ3v) is 3.74. The molecule has 1 rings (SSSR count). The van der Waals surface area contributed by atoms with Crippen LogP contribution in [0.5, 0.6) is 0 Å². The highest BCUT2D eigenvalue weighted by atomic mass is 15.1. The van der Waals surface area contributed by atoms with Crippen LogP contribution in [0, 0.1) is 5.41 Å². The lowest BCUT2D eigenvalue weighted by Gasteiger charge is -2.37. The van der Waals surface area contributed by atoms with Crippen molar-refractivity contribution in [3.05, 3.63) is 29.8 Å². The molecule has 0 heterocycles. The highest BCUT2D eigenvalue weighted by Crippen LogP contribution is 2.27. The molecule has 0 aromatic heterocycles. The molecule has 2 atom stereocenters. The van der Waals surface area contributed by atoms with Crippen LogP contribution in [0.3, 0.4) is 0 Å². The van der Waals surface area contributed by atoms with E-state index in [1.165, 1.54) is 11.3 Å². The Morgan fingerprint density at radius 1 is 1.11 bits per heavy atom. The molecule has 1 aromatic rings. The zero-order chi connectivity index (χ0) is 13.9. The van der Waals surface area contributed by atoms with E-state index in [0.29, 0.717) is 6.04 Å². The Hall–Kier alpha value is -1.02. The average Bonchev–Trinajstić information content (AvgIpc) is 2.26. The summed E-state index contributed by atoms with van der Waals surface area (Å²) in [6.07, 6.45) is 0.943. The van der Waals surface area contributed by atoms with Crippen LogP contribution in [0.1, 0.15) is 40.2 Å². The monoisotopic (exact) mass is 248 g/mol. The first-order chi connectivity index (χ1) is 8.21. The van der Waals surface area contributed by atoms with E-state index in [-0.39, 0.29) is 11.5 Å². The molecule has 0 fully saturated rings. The maximum atomic E-state index is 5.82. The standard InChI is InChI=1S/C16H28N2/c1-12(17)11-14-7-9-15(10-8-14)18(6)13(2)16(3,4)5/h7-10,12-13H,11,17H2,1-6H3. The highest BCUT2D eigenvalue weighted by Gasteiger charge is 2.23. The predicted octanol–water partition coefficient (Wildman–Crippen LogP) is 3.45. The molecular weight excluding hydrogens is 220 g/mol. The third kappa shape index (κ3) is 4.02. The van der Waals surface area contributed by atoms with Crippen molar-refractivity contribution < 1.29 is 0 Å². The predicted molar refractivity (Wildman–Crippen MR) is 81.1 cm³/mol. The van der Waals surface area contributed by atoms with Crippen LogP contribution in [0.4, 0.5) is 5.69 Å². The van der Waals surface area contributed by atoms with Crippen LogP contribution in [0.15, 0.2) is 24.3 Å². The first-order valence-electron chi connectivity index (χ1n) is 6.79. The van der Waals surface area contributed by atoms with E-state index in [4.69, 9.17) is 5.73 Å². The van der Waals surface area contributed by atoms with E-state index < -0.39 is 0 Å². The van der Waals surface area contributed by atoms with Crippen LogP contribution in [-0.4, -0.2) is 19.1 Å². The Morgan fingerprint density at radius 2 is 1.61 bits per heavy atom. The minimum atomic E-state index is 0.224. The number of nitrogens with two attached hydrogens (primary N) is 1. The molecule has 0 aliphatic heterocycles. The van der Waals surface area contributed by atoms with Gasteiger partial charge in [0.05, 0.1) is 0 Å². The minimum absolute atomic E-state index is 0.224. The van der Waals surface area contributed by atoms with E-state index in [1.54, 1.807) is 0 Å². The zero-order valence-electron chi connectivity index (χ0n) is 12.7. The molecule has 0 saturated carbocycles. The fraction of sp³-hybridized carbons (Fsp3) is 0.625. The summed E-state index contributed by atoms with van der Waals surface area (Å²) in [4.78, 5) is 2.34. The van der Waals surface area contributed by atoms with E-state index in [2.05, 4.69) is 63.9 Å². The first kappa shape index (κ1) is 15.0. The van der Waals surface area contributed by atoms with Gasteiger partial charge in [0, 0.05) is 24.8 Å². The average molecular weight is 248 g/mol. The molecule has 2 nitrogen and oxygen atoms in total. The van der Waals surface area contributed by atoms with E-state index in [9.17, 15) is 0 Å². The molecule has 0 amide bonds. The normalized spacial score (nSPS) is 15.3. The van der Waals surface area contributed by atoms with Gasteiger partial charge in [0.2, 0.25) is 0 Å². The second kappa shape index (κ2) is 5.75. The van der Waals surface area contributed by atoms with Gasteiger partial charge < -0.3 is 10.6 Å². The fourth-order valence-corrected chi connectivity index (χ4v) is 2.04. The van der Waals surface area contributed by atoms with Crippen molar-refractivity contribution in [3.63, 3.8) is 0 Å². The van der Waals surface area contributed by atoms with E-state index in [1.807, 2.05) is 6.92 Å². The Balaban J connectivity index is 2.79. The Bertz CT molecular complexity index is 360. The van der Waals surface area contributed by atoms with Crippen molar-refractivity contribution in [2.45, 2.75) is 53.1 Å². The van der Waals surface area contributed by atoms with Crippen molar-refractivity contribution in [3.8, 4) is 0 Å². The van der Waals surface area contributed by atoms with Gasteiger partial charge in [0.15, 0.2) is 0 Å². The number of anilines is 1. The third-order valence-electron chi connectivity index (χ3n) is 3.74. The topological polar surface area (TPSA) is 29.3 Å². The Labute approximate surface area is 112 Å². The Kier molecular flexibility index (Phi) is 4.80. The van der Waals surface area contributed by atoms with Crippen LogP contribution in [0.25, 0.3) is 0 Å². The summed E-state index contributed by atoms with van der Waals surface area (Å²) in [5, 5.41) is 0. The molecule has 0 aliphatic carbocycles. The summed E-state index contributed by atoms with van der Waals surface area (Å²) in [6, 6.07) is 9.48. The van der Waals surface area contributed by atoms with Crippen LogP contribution < -0.4 is 10.6 Å². The summed E-state index contributed by atoms with van der Waals surface area (Å²) in [5.74, 6) is 0. The van der Waals surface area contributed by atoms with E-state index in [0.717, 1.165) is 6.42 Å². The molecule has 2 heteroatoms. The van der Waals surface area contributed by atoms with Crippen LogP contribution >= 0.6 is 0 Å². The zero-order valence-corrected chi connectivity index (χ0v) is 12.7. The summed E-state index contributed by atoms with van der Waals surface area (Å²) in [5.41, 5.74) is 8.67. The van der Waals surface area contributed by atoms with Gasteiger partial charge in [-0.15, -0.1) is 0 Å². The largest absolute Gasteiger partial charge is 0.371 e. The maximum Gasteiger partial charge on any atom is 0.0366 e. The van der Waals surface area contributed by atoms with Crippen molar-refractivity contribution in [2.24, 2.45) is 11.1 Å². The molecule has 18 heavy (non-hydrogen) atoms. The molecule has 0 aliphatic rings. The molecule has 0 radical (unpaired) electrons. The molecule has 0 spiro atoms. The fourth-order valence-electron chi connectivity index (χ4n) is 2.04. The Morgan fingerprint density at radius 3 is 2.00 bits per heavy atom. The lowest BCUT2D eigenvalue weighted by Crippen LogP contribution is -2.39.